The summed E-state index contributed by atoms with van der Waals surface area (Å²) in [5.74, 6) is 0. The van der Waals surface area contributed by atoms with Gasteiger partial charge in [0.2, 0.25) is 0 Å². The van der Waals surface area contributed by atoms with E-state index in [-0.39, 0.29) is 5.56 Å². The average Bonchev–Trinajstić information content (AvgIpc) is 3.03. The second-order valence-electron chi connectivity index (χ2n) is 3.96. The molecule has 0 radical (unpaired) electrons. The van der Waals surface area contributed by atoms with Crippen molar-refractivity contribution in [3.05, 3.63) is 44.4 Å². The highest BCUT2D eigenvalue weighted by atomic mass is 127. The summed E-state index contributed by atoms with van der Waals surface area (Å²) in [5.41, 5.74) is 0.161. The first-order chi connectivity index (χ1) is 7.27. The third-order valence-electron chi connectivity index (χ3n) is 2.86. The topological polar surface area (TPSA) is 22.0 Å². The van der Waals surface area contributed by atoms with Crippen LogP contribution in [0, 0.1) is 3.57 Å². The van der Waals surface area contributed by atoms with Crippen LogP contribution in [0.1, 0.15) is 18.9 Å². The molecule has 1 saturated carbocycles. The fourth-order valence-corrected chi connectivity index (χ4v) is 2.57. The van der Waals surface area contributed by atoms with Gasteiger partial charge >= 0.3 is 0 Å². The Morgan fingerprint density at radius 1 is 1.20 bits per heavy atom. The average molecular weight is 311 g/mol. The van der Waals surface area contributed by atoms with Gasteiger partial charge in [-0.15, -0.1) is 0 Å². The number of aromatic nitrogens is 1. The van der Waals surface area contributed by atoms with Crippen molar-refractivity contribution < 1.29 is 0 Å². The van der Waals surface area contributed by atoms with Crippen molar-refractivity contribution in [2.24, 2.45) is 0 Å². The van der Waals surface area contributed by atoms with Crippen molar-refractivity contribution in [2.45, 2.75) is 18.9 Å². The summed E-state index contributed by atoms with van der Waals surface area (Å²) in [4.78, 5) is 12.1. The van der Waals surface area contributed by atoms with Crippen LogP contribution < -0.4 is 5.56 Å². The first-order valence-electron chi connectivity index (χ1n) is 5.07. The molecule has 2 aromatic rings. The SMILES string of the molecule is O=c1c2cccc(I)c2ccn1C1CC1. The molecule has 1 aliphatic rings. The van der Waals surface area contributed by atoms with E-state index in [0.717, 1.165) is 27.2 Å². The van der Waals surface area contributed by atoms with Gasteiger partial charge in [0.05, 0.1) is 0 Å². The van der Waals surface area contributed by atoms with Crippen molar-refractivity contribution in [3.63, 3.8) is 0 Å². The molecule has 1 aromatic heterocycles. The first-order valence-corrected chi connectivity index (χ1v) is 6.14. The molecule has 0 saturated heterocycles. The fraction of sp³-hybridized carbons (Fsp3) is 0.250. The standard InChI is InChI=1S/C12H10INO/c13-11-3-1-2-10-9(11)6-7-14(12(10)15)8-4-5-8/h1-3,6-8H,4-5H2. The molecular formula is C12H10INO. The summed E-state index contributed by atoms with van der Waals surface area (Å²) in [6, 6.07) is 8.40. The second-order valence-corrected chi connectivity index (χ2v) is 5.12. The first kappa shape index (κ1) is 9.39. The van der Waals surface area contributed by atoms with Crippen LogP contribution in [-0.4, -0.2) is 4.57 Å². The molecule has 0 atom stereocenters. The van der Waals surface area contributed by atoms with Crippen LogP contribution in [0.5, 0.6) is 0 Å². The molecule has 0 spiro atoms. The van der Waals surface area contributed by atoms with Gasteiger partial charge in [-0.25, -0.2) is 0 Å². The van der Waals surface area contributed by atoms with Crippen LogP contribution in [-0.2, 0) is 0 Å². The van der Waals surface area contributed by atoms with Gasteiger partial charge in [0.15, 0.2) is 0 Å². The minimum atomic E-state index is 0.161. The number of halogens is 1. The maximum absolute atomic E-state index is 12.1. The van der Waals surface area contributed by atoms with Crippen LogP contribution in [0.25, 0.3) is 10.8 Å². The quantitative estimate of drug-likeness (QED) is 0.742. The smallest absolute Gasteiger partial charge is 0.258 e. The van der Waals surface area contributed by atoms with Gasteiger partial charge in [-0.1, -0.05) is 6.07 Å². The summed E-state index contributed by atoms with van der Waals surface area (Å²) < 4.78 is 3.02. The summed E-state index contributed by atoms with van der Waals surface area (Å²) >= 11 is 2.27. The molecule has 0 unspecified atom stereocenters. The van der Waals surface area contributed by atoms with Crippen molar-refractivity contribution >= 4 is 33.4 Å². The minimum absolute atomic E-state index is 0.161. The number of fused-ring (bicyclic) bond motifs is 1. The van der Waals surface area contributed by atoms with Crippen LogP contribution >= 0.6 is 22.6 Å². The van der Waals surface area contributed by atoms with E-state index in [9.17, 15) is 4.79 Å². The van der Waals surface area contributed by atoms with E-state index in [4.69, 9.17) is 0 Å². The van der Waals surface area contributed by atoms with Crippen LogP contribution in [0.4, 0.5) is 0 Å². The number of hydrogen-bond donors (Lipinski definition) is 0. The van der Waals surface area contributed by atoms with Crippen molar-refractivity contribution in [2.75, 3.05) is 0 Å². The molecule has 1 fully saturated rings. The van der Waals surface area contributed by atoms with E-state index in [1.165, 1.54) is 0 Å². The molecule has 3 rings (SSSR count). The van der Waals surface area contributed by atoms with Gasteiger partial charge in [0.1, 0.15) is 0 Å². The second kappa shape index (κ2) is 3.33. The van der Waals surface area contributed by atoms with Gasteiger partial charge in [-0.2, -0.15) is 0 Å². The highest BCUT2D eigenvalue weighted by Crippen LogP contribution is 2.33. The molecule has 15 heavy (non-hydrogen) atoms. The lowest BCUT2D eigenvalue weighted by molar-refractivity contribution is 0.714. The van der Waals surface area contributed by atoms with Gasteiger partial charge in [-0.3, -0.25) is 4.79 Å². The summed E-state index contributed by atoms with van der Waals surface area (Å²) in [7, 11) is 0. The highest BCUT2D eigenvalue weighted by molar-refractivity contribution is 14.1. The van der Waals surface area contributed by atoms with Gasteiger partial charge in [0.25, 0.3) is 5.56 Å². The summed E-state index contributed by atoms with van der Waals surface area (Å²) in [6.07, 6.45) is 4.23. The number of rotatable bonds is 1. The van der Waals surface area contributed by atoms with Crippen LogP contribution in [0.2, 0.25) is 0 Å². The van der Waals surface area contributed by atoms with E-state index in [1.54, 1.807) is 0 Å². The Morgan fingerprint density at radius 3 is 2.73 bits per heavy atom. The molecule has 0 amide bonds. The zero-order valence-corrected chi connectivity index (χ0v) is 10.3. The van der Waals surface area contributed by atoms with Crippen molar-refractivity contribution in [1.29, 1.82) is 0 Å². The Morgan fingerprint density at radius 2 is 2.00 bits per heavy atom. The molecule has 1 heterocycles. The molecule has 1 aliphatic carbocycles. The van der Waals surface area contributed by atoms with E-state index in [1.807, 2.05) is 29.0 Å². The number of pyridine rings is 1. The molecule has 3 heteroatoms. The number of hydrogen-bond acceptors (Lipinski definition) is 1. The van der Waals surface area contributed by atoms with E-state index in [2.05, 4.69) is 28.7 Å². The Kier molecular flexibility index (Phi) is 2.09. The predicted molar refractivity (Wildman–Crippen MR) is 69.2 cm³/mol. The lowest BCUT2D eigenvalue weighted by atomic mass is 10.2. The Hall–Kier alpha value is -0.840. The van der Waals surface area contributed by atoms with Crippen molar-refractivity contribution in [1.82, 2.24) is 4.57 Å². The Labute approximate surface area is 101 Å². The largest absolute Gasteiger partial charge is 0.312 e. The lowest BCUT2D eigenvalue weighted by Crippen LogP contribution is -2.18. The minimum Gasteiger partial charge on any atom is -0.312 e. The van der Waals surface area contributed by atoms with E-state index >= 15 is 0 Å². The molecule has 0 N–H and O–H groups in total. The molecule has 76 valence electrons. The van der Waals surface area contributed by atoms with Gasteiger partial charge < -0.3 is 4.57 Å². The zero-order chi connectivity index (χ0) is 10.4. The monoisotopic (exact) mass is 311 g/mol. The third kappa shape index (κ3) is 1.49. The van der Waals surface area contributed by atoms with Crippen LogP contribution in [0.3, 0.4) is 0 Å². The van der Waals surface area contributed by atoms with Crippen molar-refractivity contribution in [3.8, 4) is 0 Å². The van der Waals surface area contributed by atoms with E-state index in [0.29, 0.717) is 6.04 Å². The molecule has 1 aromatic carbocycles. The highest BCUT2D eigenvalue weighted by Gasteiger charge is 2.24. The Balaban J connectivity index is 2.37. The fourth-order valence-electron chi connectivity index (χ4n) is 1.89. The van der Waals surface area contributed by atoms with Gasteiger partial charge in [-0.05, 0) is 53.6 Å². The normalized spacial score (nSPS) is 15.8. The predicted octanol–water partition coefficient (Wildman–Crippen LogP) is 2.94. The molecular weight excluding hydrogens is 301 g/mol. The maximum Gasteiger partial charge on any atom is 0.258 e. The third-order valence-corrected chi connectivity index (χ3v) is 3.80. The van der Waals surface area contributed by atoms with E-state index < -0.39 is 0 Å². The Bertz CT molecular complexity index is 584. The maximum atomic E-state index is 12.1. The summed E-state index contributed by atoms with van der Waals surface area (Å²) in [5, 5.41) is 1.91. The lowest BCUT2D eigenvalue weighted by Gasteiger charge is -2.05. The van der Waals surface area contributed by atoms with Gasteiger partial charge in [0, 0.05) is 26.6 Å². The molecule has 0 bridgehead atoms. The molecule has 0 aliphatic heterocycles. The van der Waals surface area contributed by atoms with Crippen LogP contribution in [0.15, 0.2) is 35.3 Å². The number of nitrogens with zero attached hydrogens (tertiary/aromatic N) is 1. The summed E-state index contributed by atoms with van der Waals surface area (Å²) in [6.45, 7) is 0. The molecule has 2 nitrogen and oxygen atoms in total. The zero-order valence-electron chi connectivity index (χ0n) is 8.11. The number of benzene rings is 1.